The Hall–Kier alpha value is -2.29. The molecule has 0 spiro atoms. The number of nitrogens with one attached hydrogen (secondary N) is 1. The Balaban J connectivity index is 1.70. The Bertz CT molecular complexity index is 1050. The van der Waals surface area contributed by atoms with Crippen LogP contribution in [0.1, 0.15) is 5.56 Å². The SMILES string of the molecule is O=C(Cc1ccc(Br)cc1)Nc1ccc(S(=O)(=O)c2ccc(Cl)nn2)cc1. The van der Waals surface area contributed by atoms with Crippen LogP contribution >= 0.6 is 27.5 Å². The highest BCUT2D eigenvalue weighted by atomic mass is 79.9. The van der Waals surface area contributed by atoms with Gasteiger partial charge in [0.25, 0.3) is 0 Å². The van der Waals surface area contributed by atoms with Gasteiger partial charge in [0.05, 0.1) is 11.3 Å². The van der Waals surface area contributed by atoms with Gasteiger partial charge in [-0.2, -0.15) is 0 Å². The number of hydrogen-bond donors (Lipinski definition) is 1. The van der Waals surface area contributed by atoms with Crippen LogP contribution < -0.4 is 5.32 Å². The third-order valence-corrected chi connectivity index (χ3v) is 6.00. The summed E-state index contributed by atoms with van der Waals surface area (Å²) in [5.74, 6) is -0.198. The zero-order chi connectivity index (χ0) is 19.4. The lowest BCUT2D eigenvalue weighted by Gasteiger charge is -2.07. The molecule has 3 aromatic rings. The number of sulfone groups is 1. The second kappa shape index (κ2) is 8.16. The maximum Gasteiger partial charge on any atom is 0.228 e. The topological polar surface area (TPSA) is 89.0 Å². The summed E-state index contributed by atoms with van der Waals surface area (Å²) in [5, 5.41) is 9.81. The second-order valence-corrected chi connectivity index (χ2v) is 8.77. The molecule has 0 aliphatic heterocycles. The Kier molecular flexibility index (Phi) is 5.88. The molecule has 6 nitrogen and oxygen atoms in total. The number of hydrogen-bond acceptors (Lipinski definition) is 5. The van der Waals surface area contributed by atoms with Gasteiger partial charge >= 0.3 is 0 Å². The molecule has 27 heavy (non-hydrogen) atoms. The first-order chi connectivity index (χ1) is 12.8. The fourth-order valence-corrected chi connectivity index (χ4v) is 3.77. The van der Waals surface area contributed by atoms with Gasteiger partial charge < -0.3 is 5.32 Å². The number of halogens is 2. The van der Waals surface area contributed by atoms with E-state index in [9.17, 15) is 13.2 Å². The average molecular weight is 467 g/mol. The summed E-state index contributed by atoms with van der Waals surface area (Å²) in [6.07, 6.45) is 0.216. The molecule has 0 aliphatic rings. The molecule has 0 fully saturated rings. The van der Waals surface area contributed by atoms with Gasteiger partial charge in [0.1, 0.15) is 0 Å². The van der Waals surface area contributed by atoms with Gasteiger partial charge in [0.15, 0.2) is 10.2 Å². The summed E-state index contributed by atoms with van der Waals surface area (Å²) in [6.45, 7) is 0. The average Bonchev–Trinajstić information content (AvgIpc) is 2.64. The number of amides is 1. The van der Waals surface area contributed by atoms with Crippen molar-refractivity contribution in [3.8, 4) is 0 Å². The van der Waals surface area contributed by atoms with Gasteiger partial charge in [0.2, 0.25) is 15.7 Å². The summed E-state index contributed by atoms with van der Waals surface area (Å²) >= 11 is 8.98. The monoisotopic (exact) mass is 465 g/mol. The van der Waals surface area contributed by atoms with Crippen molar-refractivity contribution < 1.29 is 13.2 Å². The highest BCUT2D eigenvalue weighted by Crippen LogP contribution is 2.21. The molecule has 3 rings (SSSR count). The third kappa shape index (κ3) is 4.91. The maximum absolute atomic E-state index is 12.5. The van der Waals surface area contributed by atoms with E-state index in [4.69, 9.17) is 11.6 Å². The summed E-state index contributed by atoms with van der Waals surface area (Å²) in [6, 6.07) is 15.9. The van der Waals surface area contributed by atoms with Crippen molar-refractivity contribution in [2.24, 2.45) is 0 Å². The van der Waals surface area contributed by atoms with Crippen LogP contribution in [0.2, 0.25) is 5.15 Å². The highest BCUT2D eigenvalue weighted by Gasteiger charge is 2.19. The van der Waals surface area contributed by atoms with Crippen LogP contribution in [-0.4, -0.2) is 24.5 Å². The first kappa shape index (κ1) is 19.5. The lowest BCUT2D eigenvalue weighted by molar-refractivity contribution is -0.115. The normalized spacial score (nSPS) is 11.2. The van der Waals surface area contributed by atoms with E-state index in [0.717, 1.165) is 10.0 Å². The van der Waals surface area contributed by atoms with Crippen molar-refractivity contribution in [1.29, 1.82) is 0 Å². The lowest BCUT2D eigenvalue weighted by atomic mass is 10.1. The van der Waals surface area contributed by atoms with E-state index in [1.165, 1.54) is 36.4 Å². The molecule has 1 N–H and O–H groups in total. The van der Waals surface area contributed by atoms with Crippen LogP contribution in [0, 0.1) is 0 Å². The van der Waals surface area contributed by atoms with Gasteiger partial charge in [-0.1, -0.05) is 39.7 Å². The van der Waals surface area contributed by atoms with E-state index in [0.29, 0.717) is 5.69 Å². The van der Waals surface area contributed by atoms with Crippen molar-refractivity contribution in [3.05, 3.63) is 75.9 Å². The number of rotatable bonds is 5. The predicted octanol–water partition coefficient (Wildman–Crippen LogP) is 3.91. The molecular weight excluding hydrogens is 454 g/mol. The molecule has 0 bridgehead atoms. The summed E-state index contributed by atoms with van der Waals surface area (Å²) in [7, 11) is -3.80. The van der Waals surface area contributed by atoms with Crippen LogP contribution in [0.15, 0.2) is 75.1 Å². The number of carbonyl (C=O) groups excluding carboxylic acids is 1. The van der Waals surface area contributed by atoms with Crippen LogP contribution in [-0.2, 0) is 21.1 Å². The molecule has 0 aliphatic carbocycles. The number of nitrogens with zero attached hydrogens (tertiary/aromatic N) is 2. The van der Waals surface area contributed by atoms with E-state index in [1.54, 1.807) is 0 Å². The van der Waals surface area contributed by atoms with Crippen molar-refractivity contribution >= 4 is 49.0 Å². The van der Waals surface area contributed by atoms with Gasteiger partial charge in [-0.3, -0.25) is 4.79 Å². The quantitative estimate of drug-likeness (QED) is 0.616. The van der Waals surface area contributed by atoms with E-state index >= 15 is 0 Å². The molecule has 0 unspecified atom stereocenters. The van der Waals surface area contributed by atoms with Gasteiger partial charge in [-0.05, 0) is 54.1 Å². The number of aromatic nitrogens is 2. The molecule has 1 aromatic heterocycles. The van der Waals surface area contributed by atoms with Crippen LogP contribution in [0.3, 0.4) is 0 Å². The highest BCUT2D eigenvalue weighted by molar-refractivity contribution is 9.10. The maximum atomic E-state index is 12.5. The molecule has 2 aromatic carbocycles. The number of carbonyl (C=O) groups is 1. The van der Waals surface area contributed by atoms with Crippen molar-refractivity contribution in [1.82, 2.24) is 10.2 Å². The molecule has 0 atom stereocenters. The Morgan fingerprint density at radius 2 is 1.63 bits per heavy atom. The van der Waals surface area contributed by atoms with E-state index in [2.05, 4.69) is 31.4 Å². The Morgan fingerprint density at radius 3 is 2.22 bits per heavy atom. The van der Waals surface area contributed by atoms with Crippen molar-refractivity contribution in [2.75, 3.05) is 5.32 Å². The van der Waals surface area contributed by atoms with Crippen LogP contribution in [0.4, 0.5) is 5.69 Å². The standard InChI is InChI=1S/C18H13BrClN3O3S/c19-13-3-1-12(2-4-13)11-17(24)21-14-5-7-15(8-6-14)27(25,26)18-10-9-16(20)22-23-18/h1-10H,11H2,(H,21,24). The number of anilines is 1. The fourth-order valence-electron chi connectivity index (χ4n) is 2.28. The van der Waals surface area contributed by atoms with E-state index < -0.39 is 9.84 Å². The minimum atomic E-state index is -3.80. The van der Waals surface area contributed by atoms with Crippen LogP contribution in [0.5, 0.6) is 0 Å². The minimum absolute atomic E-state index is 0.0463. The minimum Gasteiger partial charge on any atom is -0.326 e. The van der Waals surface area contributed by atoms with E-state index in [-0.39, 0.29) is 27.4 Å². The zero-order valence-corrected chi connectivity index (χ0v) is 16.9. The molecule has 0 saturated carbocycles. The van der Waals surface area contributed by atoms with Crippen molar-refractivity contribution in [2.45, 2.75) is 16.3 Å². The third-order valence-electron chi connectivity index (χ3n) is 3.61. The lowest BCUT2D eigenvalue weighted by Crippen LogP contribution is -2.14. The number of benzene rings is 2. The molecule has 0 radical (unpaired) electrons. The molecule has 1 heterocycles. The second-order valence-electron chi connectivity index (χ2n) is 5.57. The van der Waals surface area contributed by atoms with Gasteiger partial charge in [0, 0.05) is 10.2 Å². The van der Waals surface area contributed by atoms with E-state index in [1.807, 2.05) is 24.3 Å². The smallest absolute Gasteiger partial charge is 0.228 e. The first-order valence-corrected chi connectivity index (χ1v) is 10.4. The Labute approximate surface area is 169 Å². The summed E-state index contributed by atoms with van der Waals surface area (Å²) < 4.78 is 26.0. The summed E-state index contributed by atoms with van der Waals surface area (Å²) in [5.41, 5.74) is 1.37. The Morgan fingerprint density at radius 1 is 0.963 bits per heavy atom. The largest absolute Gasteiger partial charge is 0.326 e. The van der Waals surface area contributed by atoms with Gasteiger partial charge in [-0.25, -0.2) is 8.42 Å². The van der Waals surface area contributed by atoms with Crippen molar-refractivity contribution in [3.63, 3.8) is 0 Å². The summed E-state index contributed by atoms with van der Waals surface area (Å²) in [4.78, 5) is 12.2. The fraction of sp³-hybridized carbons (Fsp3) is 0.0556. The first-order valence-electron chi connectivity index (χ1n) is 7.73. The molecule has 9 heteroatoms. The van der Waals surface area contributed by atoms with Gasteiger partial charge in [-0.15, -0.1) is 10.2 Å². The molecular formula is C18H13BrClN3O3S. The molecule has 0 saturated heterocycles. The molecule has 138 valence electrons. The molecule has 1 amide bonds. The predicted molar refractivity (Wildman–Crippen MR) is 105 cm³/mol. The zero-order valence-electron chi connectivity index (χ0n) is 13.8. The van der Waals surface area contributed by atoms with Crippen LogP contribution in [0.25, 0.3) is 0 Å².